The van der Waals surface area contributed by atoms with Gasteiger partial charge in [-0.05, 0) is 17.7 Å². The molecule has 1 amide bonds. The Hall–Kier alpha value is -2.49. The fourth-order valence-electron chi connectivity index (χ4n) is 2.44. The van der Waals surface area contributed by atoms with Crippen LogP contribution in [0, 0.1) is 11.7 Å². The van der Waals surface area contributed by atoms with Crippen molar-refractivity contribution >= 4 is 29.4 Å². The van der Waals surface area contributed by atoms with E-state index in [1.807, 2.05) is 0 Å². The second-order valence-electron chi connectivity index (χ2n) is 5.88. The lowest BCUT2D eigenvalue weighted by atomic mass is 9.95. The molecule has 0 aliphatic carbocycles. The third-order valence-corrected chi connectivity index (χ3v) is 3.95. The lowest BCUT2D eigenvalue weighted by Crippen LogP contribution is -2.35. The van der Waals surface area contributed by atoms with Gasteiger partial charge in [0.15, 0.2) is 0 Å². The molecule has 1 aliphatic rings. The van der Waals surface area contributed by atoms with Crippen LogP contribution in [0.3, 0.4) is 0 Å². The van der Waals surface area contributed by atoms with Crippen molar-refractivity contribution < 1.29 is 33.7 Å². The minimum atomic E-state index is -1.26. The van der Waals surface area contributed by atoms with E-state index in [2.05, 4.69) is 10.6 Å². The van der Waals surface area contributed by atoms with Crippen molar-refractivity contribution in [3.8, 4) is 0 Å². The highest BCUT2D eigenvalue weighted by Gasteiger charge is 2.26. The SMILES string of the molecule is CC(=O)NC[C@@H]1CNCCO[C@H]1c1ccc(F)c(Cl)c1.O=C(O)/C=C/C(=O)O. The molecule has 0 radical (unpaired) electrons. The summed E-state index contributed by atoms with van der Waals surface area (Å²) in [7, 11) is 0. The first kappa shape index (κ1) is 23.5. The van der Waals surface area contributed by atoms with Gasteiger partial charge in [-0.2, -0.15) is 0 Å². The van der Waals surface area contributed by atoms with Gasteiger partial charge in [0.2, 0.25) is 5.91 Å². The van der Waals surface area contributed by atoms with Crippen LogP contribution in [0.5, 0.6) is 0 Å². The number of hydrogen-bond acceptors (Lipinski definition) is 5. The zero-order valence-electron chi connectivity index (χ0n) is 15.2. The Balaban J connectivity index is 0.000000416. The molecule has 1 aliphatic heterocycles. The van der Waals surface area contributed by atoms with E-state index in [0.29, 0.717) is 25.3 Å². The third kappa shape index (κ3) is 8.94. The minimum Gasteiger partial charge on any atom is -0.478 e. The van der Waals surface area contributed by atoms with E-state index < -0.39 is 17.8 Å². The predicted molar refractivity (Wildman–Crippen MR) is 99.6 cm³/mol. The van der Waals surface area contributed by atoms with Gasteiger partial charge in [-0.1, -0.05) is 17.7 Å². The van der Waals surface area contributed by atoms with E-state index in [1.54, 1.807) is 12.1 Å². The summed E-state index contributed by atoms with van der Waals surface area (Å²) in [6.45, 7) is 4.02. The van der Waals surface area contributed by atoms with Crippen LogP contribution in [-0.2, 0) is 19.1 Å². The van der Waals surface area contributed by atoms with Crippen molar-refractivity contribution in [1.29, 1.82) is 0 Å². The summed E-state index contributed by atoms with van der Waals surface area (Å²) in [6.07, 6.45) is 0.903. The Morgan fingerprint density at radius 3 is 2.50 bits per heavy atom. The van der Waals surface area contributed by atoms with Crippen LogP contribution in [0.1, 0.15) is 18.6 Å². The molecule has 1 aromatic carbocycles. The number of carbonyl (C=O) groups excluding carboxylic acids is 1. The van der Waals surface area contributed by atoms with E-state index in [-0.39, 0.29) is 23.0 Å². The average Bonchev–Trinajstić information content (AvgIpc) is 2.86. The maximum atomic E-state index is 13.3. The topological polar surface area (TPSA) is 125 Å². The smallest absolute Gasteiger partial charge is 0.328 e. The number of hydrogen-bond donors (Lipinski definition) is 4. The molecular weight excluding hydrogens is 395 g/mol. The molecule has 1 aromatic rings. The molecule has 8 nitrogen and oxygen atoms in total. The molecule has 1 saturated heterocycles. The molecule has 10 heteroatoms. The molecule has 28 heavy (non-hydrogen) atoms. The van der Waals surface area contributed by atoms with E-state index in [4.69, 9.17) is 26.6 Å². The molecular formula is C18H22ClFN2O6. The van der Waals surface area contributed by atoms with Crippen molar-refractivity contribution in [3.05, 3.63) is 46.8 Å². The molecule has 2 atom stereocenters. The molecule has 0 spiro atoms. The van der Waals surface area contributed by atoms with Crippen LogP contribution in [0.25, 0.3) is 0 Å². The number of benzene rings is 1. The lowest BCUT2D eigenvalue weighted by molar-refractivity contribution is -0.134. The molecule has 1 fully saturated rings. The Bertz CT molecular complexity index is 712. The fourth-order valence-corrected chi connectivity index (χ4v) is 2.63. The zero-order chi connectivity index (χ0) is 21.1. The van der Waals surface area contributed by atoms with E-state index in [1.165, 1.54) is 13.0 Å². The number of carboxylic acid groups (broad SMARTS) is 2. The number of halogens is 2. The van der Waals surface area contributed by atoms with Crippen LogP contribution >= 0.6 is 11.6 Å². The molecule has 4 N–H and O–H groups in total. The Kier molecular flexibility index (Phi) is 10.1. The van der Waals surface area contributed by atoms with Gasteiger partial charge in [0.25, 0.3) is 0 Å². The molecule has 0 saturated carbocycles. The van der Waals surface area contributed by atoms with E-state index >= 15 is 0 Å². The van der Waals surface area contributed by atoms with Crippen molar-refractivity contribution in [2.75, 3.05) is 26.2 Å². The summed E-state index contributed by atoms with van der Waals surface area (Å²) in [6, 6.07) is 4.61. The number of carbonyl (C=O) groups is 3. The predicted octanol–water partition coefficient (Wildman–Crippen LogP) is 1.60. The van der Waals surface area contributed by atoms with Crippen molar-refractivity contribution in [2.24, 2.45) is 5.92 Å². The van der Waals surface area contributed by atoms with E-state index in [0.717, 1.165) is 18.7 Å². The summed E-state index contributed by atoms with van der Waals surface area (Å²) in [5.41, 5.74) is 0.829. The molecule has 2 rings (SSSR count). The van der Waals surface area contributed by atoms with Gasteiger partial charge in [-0.15, -0.1) is 0 Å². The van der Waals surface area contributed by atoms with Gasteiger partial charge in [0.05, 0.1) is 17.7 Å². The van der Waals surface area contributed by atoms with Gasteiger partial charge in [0.1, 0.15) is 5.82 Å². The number of ether oxygens (including phenoxy) is 1. The first-order valence-electron chi connectivity index (χ1n) is 8.36. The van der Waals surface area contributed by atoms with Crippen LogP contribution in [0.15, 0.2) is 30.4 Å². The van der Waals surface area contributed by atoms with Crippen LogP contribution in [-0.4, -0.2) is 54.3 Å². The Morgan fingerprint density at radius 2 is 1.96 bits per heavy atom. The Morgan fingerprint density at radius 1 is 1.32 bits per heavy atom. The molecule has 154 valence electrons. The molecule has 0 aromatic heterocycles. The van der Waals surface area contributed by atoms with Crippen LogP contribution in [0.4, 0.5) is 4.39 Å². The van der Waals surface area contributed by atoms with E-state index in [9.17, 15) is 18.8 Å². The van der Waals surface area contributed by atoms with Gasteiger partial charge < -0.3 is 25.6 Å². The summed E-state index contributed by atoms with van der Waals surface area (Å²) in [5, 5.41) is 21.8. The van der Waals surface area contributed by atoms with Crippen LogP contribution < -0.4 is 10.6 Å². The second kappa shape index (κ2) is 12.1. The summed E-state index contributed by atoms with van der Waals surface area (Å²) < 4.78 is 19.1. The molecule has 0 bridgehead atoms. The highest BCUT2D eigenvalue weighted by molar-refractivity contribution is 6.30. The highest BCUT2D eigenvalue weighted by Crippen LogP contribution is 2.29. The monoisotopic (exact) mass is 416 g/mol. The number of nitrogens with one attached hydrogen (secondary N) is 2. The largest absolute Gasteiger partial charge is 0.478 e. The standard InChI is InChI=1S/C14H18ClFN2O2.C4H4O4/c1-9(19)18-8-11-7-17-4-5-20-14(11)10-2-3-13(16)12(15)6-10;5-3(6)1-2-4(7)8/h2-3,6,11,14,17H,4-5,7-8H2,1H3,(H,18,19);1-2H,(H,5,6)(H,7,8)/b;2-1+/t11-,14-;/m0./s1. The van der Waals surface area contributed by atoms with Crippen molar-refractivity contribution in [3.63, 3.8) is 0 Å². The second-order valence-corrected chi connectivity index (χ2v) is 6.28. The normalized spacial score (nSPS) is 19.2. The highest BCUT2D eigenvalue weighted by atomic mass is 35.5. The maximum Gasteiger partial charge on any atom is 0.328 e. The summed E-state index contributed by atoms with van der Waals surface area (Å²) in [4.78, 5) is 30.2. The van der Waals surface area contributed by atoms with Gasteiger partial charge >= 0.3 is 11.9 Å². The third-order valence-electron chi connectivity index (χ3n) is 3.66. The number of amides is 1. The van der Waals surface area contributed by atoms with Gasteiger partial charge in [0, 0.05) is 44.6 Å². The minimum absolute atomic E-state index is 0.0722. The van der Waals surface area contributed by atoms with Gasteiger partial charge in [-0.25, -0.2) is 14.0 Å². The van der Waals surface area contributed by atoms with Crippen LogP contribution in [0.2, 0.25) is 5.02 Å². The lowest BCUT2D eigenvalue weighted by Gasteiger charge is -2.25. The van der Waals surface area contributed by atoms with Crippen molar-refractivity contribution in [1.82, 2.24) is 10.6 Å². The van der Waals surface area contributed by atoms with Crippen molar-refractivity contribution in [2.45, 2.75) is 13.0 Å². The zero-order valence-corrected chi connectivity index (χ0v) is 15.9. The number of carboxylic acids is 2. The first-order chi connectivity index (χ1) is 13.2. The number of aliphatic carboxylic acids is 2. The summed E-state index contributed by atoms with van der Waals surface area (Å²) >= 11 is 5.83. The summed E-state index contributed by atoms with van der Waals surface area (Å²) in [5.74, 6) is -2.96. The fraction of sp³-hybridized carbons (Fsp3) is 0.389. The number of rotatable bonds is 5. The maximum absolute atomic E-state index is 13.3. The Labute approximate surface area is 166 Å². The first-order valence-corrected chi connectivity index (χ1v) is 8.74. The van der Waals surface area contributed by atoms with Gasteiger partial charge in [-0.3, -0.25) is 4.79 Å². The molecule has 1 heterocycles. The average molecular weight is 417 g/mol. The quantitative estimate of drug-likeness (QED) is 0.537. The molecule has 0 unspecified atom stereocenters.